The molecule has 0 heterocycles. The van der Waals surface area contributed by atoms with E-state index in [0.29, 0.717) is 0 Å². The van der Waals surface area contributed by atoms with Crippen molar-refractivity contribution in [2.45, 2.75) is 44.1 Å². The molecule has 0 aliphatic heterocycles. The van der Waals surface area contributed by atoms with E-state index in [1.165, 1.54) is 37.7 Å². The summed E-state index contributed by atoms with van der Waals surface area (Å²) >= 11 is 3.45. The number of halogens is 1. The smallest absolute Gasteiger partial charge is 0.0195 e. The van der Waals surface area contributed by atoms with Gasteiger partial charge in [-0.15, -0.1) is 0 Å². The van der Waals surface area contributed by atoms with Gasteiger partial charge in [0.05, 0.1) is 0 Å². The van der Waals surface area contributed by atoms with Gasteiger partial charge in [-0.25, -0.2) is 0 Å². The first-order valence-corrected chi connectivity index (χ1v) is 6.51. The number of nitrogens with two attached hydrogens (primary N) is 1. The summed E-state index contributed by atoms with van der Waals surface area (Å²) in [4.78, 5) is 0. The second kappa shape index (κ2) is 4.67. The van der Waals surface area contributed by atoms with E-state index >= 15 is 0 Å². The molecule has 1 aliphatic carbocycles. The SMILES string of the molecule is NC1(Cc2ccc(Br)cc2)CCCCC1. The molecule has 2 rings (SSSR count). The first kappa shape index (κ1) is 11.2. The van der Waals surface area contributed by atoms with Crippen LogP contribution in [0, 0.1) is 0 Å². The highest BCUT2D eigenvalue weighted by atomic mass is 79.9. The summed E-state index contributed by atoms with van der Waals surface area (Å²) in [7, 11) is 0. The van der Waals surface area contributed by atoms with Crippen LogP contribution in [0.15, 0.2) is 28.7 Å². The van der Waals surface area contributed by atoms with Crippen LogP contribution in [0.1, 0.15) is 37.7 Å². The van der Waals surface area contributed by atoms with Crippen molar-refractivity contribution in [3.63, 3.8) is 0 Å². The zero-order valence-corrected chi connectivity index (χ0v) is 10.6. The normalized spacial score (nSPS) is 20.1. The molecule has 82 valence electrons. The van der Waals surface area contributed by atoms with Crippen LogP contribution in [0.2, 0.25) is 0 Å². The van der Waals surface area contributed by atoms with Gasteiger partial charge in [0, 0.05) is 10.0 Å². The van der Waals surface area contributed by atoms with Gasteiger partial charge in [0.2, 0.25) is 0 Å². The van der Waals surface area contributed by atoms with Gasteiger partial charge in [-0.1, -0.05) is 47.3 Å². The fourth-order valence-corrected chi connectivity index (χ4v) is 2.71. The standard InChI is InChI=1S/C13H18BrN/c14-12-6-4-11(5-7-12)10-13(15)8-2-1-3-9-13/h4-7H,1-3,8-10,15H2. The molecule has 0 amide bonds. The first-order valence-electron chi connectivity index (χ1n) is 5.71. The lowest BCUT2D eigenvalue weighted by Gasteiger charge is -2.33. The summed E-state index contributed by atoms with van der Waals surface area (Å²) in [5.74, 6) is 0. The predicted octanol–water partition coefficient (Wildman–Crippen LogP) is 3.65. The molecule has 0 radical (unpaired) electrons. The Hall–Kier alpha value is -0.340. The van der Waals surface area contributed by atoms with Gasteiger partial charge >= 0.3 is 0 Å². The summed E-state index contributed by atoms with van der Waals surface area (Å²) in [6, 6.07) is 8.55. The minimum Gasteiger partial charge on any atom is -0.325 e. The summed E-state index contributed by atoms with van der Waals surface area (Å²) in [5.41, 5.74) is 7.84. The largest absolute Gasteiger partial charge is 0.325 e. The lowest BCUT2D eigenvalue weighted by atomic mass is 9.78. The van der Waals surface area contributed by atoms with Crippen molar-refractivity contribution in [3.8, 4) is 0 Å². The molecule has 0 atom stereocenters. The van der Waals surface area contributed by atoms with Crippen molar-refractivity contribution >= 4 is 15.9 Å². The maximum atomic E-state index is 6.42. The van der Waals surface area contributed by atoms with E-state index < -0.39 is 0 Å². The Balaban J connectivity index is 2.03. The summed E-state index contributed by atoms with van der Waals surface area (Å²) in [6.45, 7) is 0. The van der Waals surface area contributed by atoms with Gasteiger partial charge in [-0.05, 0) is 37.0 Å². The van der Waals surface area contributed by atoms with Gasteiger partial charge in [0.15, 0.2) is 0 Å². The summed E-state index contributed by atoms with van der Waals surface area (Å²) in [5, 5.41) is 0. The molecule has 1 aromatic carbocycles. The highest BCUT2D eigenvalue weighted by Crippen LogP contribution is 2.29. The molecule has 1 saturated carbocycles. The number of benzene rings is 1. The molecule has 2 N–H and O–H groups in total. The van der Waals surface area contributed by atoms with Gasteiger partial charge < -0.3 is 5.73 Å². The van der Waals surface area contributed by atoms with Crippen LogP contribution in [0.3, 0.4) is 0 Å². The van der Waals surface area contributed by atoms with Gasteiger partial charge in [0.1, 0.15) is 0 Å². The lowest BCUT2D eigenvalue weighted by Crippen LogP contribution is -2.43. The van der Waals surface area contributed by atoms with Crippen molar-refractivity contribution in [1.29, 1.82) is 0 Å². The molecule has 0 unspecified atom stereocenters. The van der Waals surface area contributed by atoms with E-state index in [4.69, 9.17) is 5.73 Å². The minimum absolute atomic E-state index is 0.0616. The van der Waals surface area contributed by atoms with Crippen LogP contribution in [0.5, 0.6) is 0 Å². The molecule has 0 saturated heterocycles. The van der Waals surface area contributed by atoms with E-state index in [1.54, 1.807) is 0 Å². The molecular formula is C13H18BrN. The molecule has 0 bridgehead atoms. The molecular weight excluding hydrogens is 250 g/mol. The summed E-state index contributed by atoms with van der Waals surface area (Å²) in [6.07, 6.45) is 7.35. The Bertz CT molecular complexity index is 312. The second-order valence-corrected chi connectivity index (χ2v) is 5.64. The highest BCUT2D eigenvalue weighted by molar-refractivity contribution is 9.10. The van der Waals surface area contributed by atoms with Crippen molar-refractivity contribution in [3.05, 3.63) is 34.3 Å². The Labute approximate surface area is 100 Å². The van der Waals surface area contributed by atoms with Gasteiger partial charge in [-0.3, -0.25) is 0 Å². The summed E-state index contributed by atoms with van der Waals surface area (Å²) < 4.78 is 1.14. The highest BCUT2D eigenvalue weighted by Gasteiger charge is 2.27. The Morgan fingerprint density at radius 3 is 2.27 bits per heavy atom. The van der Waals surface area contributed by atoms with Gasteiger partial charge in [-0.2, -0.15) is 0 Å². The van der Waals surface area contributed by atoms with Crippen LogP contribution >= 0.6 is 15.9 Å². The average Bonchev–Trinajstić information content (AvgIpc) is 2.22. The first-order chi connectivity index (χ1) is 7.18. The lowest BCUT2D eigenvalue weighted by molar-refractivity contribution is 0.294. The third kappa shape index (κ3) is 3.05. The van der Waals surface area contributed by atoms with E-state index in [1.807, 2.05) is 0 Å². The van der Waals surface area contributed by atoms with Gasteiger partial charge in [0.25, 0.3) is 0 Å². The van der Waals surface area contributed by atoms with Crippen molar-refractivity contribution in [1.82, 2.24) is 0 Å². The monoisotopic (exact) mass is 267 g/mol. The zero-order valence-electron chi connectivity index (χ0n) is 9.01. The molecule has 15 heavy (non-hydrogen) atoms. The second-order valence-electron chi connectivity index (χ2n) is 4.73. The zero-order chi connectivity index (χ0) is 10.7. The molecule has 1 nitrogen and oxygen atoms in total. The predicted molar refractivity (Wildman–Crippen MR) is 67.8 cm³/mol. The maximum Gasteiger partial charge on any atom is 0.0195 e. The van der Waals surface area contributed by atoms with E-state index in [-0.39, 0.29) is 5.54 Å². The fourth-order valence-electron chi connectivity index (χ4n) is 2.44. The van der Waals surface area contributed by atoms with Crippen molar-refractivity contribution in [2.75, 3.05) is 0 Å². The van der Waals surface area contributed by atoms with E-state index in [9.17, 15) is 0 Å². The molecule has 1 fully saturated rings. The molecule has 1 aliphatic rings. The van der Waals surface area contributed by atoms with Crippen molar-refractivity contribution in [2.24, 2.45) is 5.73 Å². The number of rotatable bonds is 2. The average molecular weight is 268 g/mol. The minimum atomic E-state index is 0.0616. The van der Waals surface area contributed by atoms with Crippen molar-refractivity contribution < 1.29 is 0 Å². The molecule has 2 heteroatoms. The van der Waals surface area contributed by atoms with E-state index in [0.717, 1.165) is 10.9 Å². The maximum absolute atomic E-state index is 6.42. The Morgan fingerprint density at radius 1 is 1.07 bits per heavy atom. The Morgan fingerprint density at radius 2 is 1.67 bits per heavy atom. The molecule has 1 aromatic rings. The van der Waals surface area contributed by atoms with Crippen LogP contribution in [0.4, 0.5) is 0 Å². The quantitative estimate of drug-likeness (QED) is 0.870. The van der Waals surface area contributed by atoms with Crippen LogP contribution in [-0.4, -0.2) is 5.54 Å². The topological polar surface area (TPSA) is 26.0 Å². The van der Waals surface area contributed by atoms with Crippen LogP contribution < -0.4 is 5.73 Å². The van der Waals surface area contributed by atoms with Crippen LogP contribution in [-0.2, 0) is 6.42 Å². The molecule has 0 aromatic heterocycles. The number of hydrogen-bond acceptors (Lipinski definition) is 1. The van der Waals surface area contributed by atoms with E-state index in [2.05, 4.69) is 40.2 Å². The fraction of sp³-hybridized carbons (Fsp3) is 0.538. The number of hydrogen-bond donors (Lipinski definition) is 1. The van der Waals surface area contributed by atoms with Crippen LogP contribution in [0.25, 0.3) is 0 Å². The third-order valence-corrected chi connectivity index (χ3v) is 3.85. The molecule has 0 spiro atoms. The Kier molecular flexibility index (Phi) is 3.47. The third-order valence-electron chi connectivity index (χ3n) is 3.32.